The molecule has 0 heterocycles. The molecule has 0 saturated carbocycles. The van der Waals surface area contributed by atoms with Crippen LogP contribution in [-0.2, 0) is 4.79 Å². The summed E-state index contributed by atoms with van der Waals surface area (Å²) < 4.78 is 32.5. The molecule has 0 spiro atoms. The van der Waals surface area contributed by atoms with Crippen LogP contribution < -0.4 is 31.3 Å². The van der Waals surface area contributed by atoms with Crippen LogP contribution in [0.15, 0.2) is 0 Å². The van der Waals surface area contributed by atoms with Crippen molar-refractivity contribution < 1.29 is 49.2 Å². The largest absolute Gasteiger partial charge is 1.00 e. The molecule has 0 radical (unpaired) electrons. The first-order valence-corrected chi connectivity index (χ1v) is 1.52. The SMILES string of the molecule is CC(=O)C(F)(F)F.[Cl-].[Li+]. The molecule has 50 valence electrons. The van der Waals surface area contributed by atoms with E-state index < -0.39 is 12.0 Å². The Morgan fingerprint density at radius 3 is 1.44 bits per heavy atom. The van der Waals surface area contributed by atoms with E-state index in [0.29, 0.717) is 6.92 Å². The molecule has 1 nitrogen and oxygen atoms in total. The summed E-state index contributed by atoms with van der Waals surface area (Å²) in [5.74, 6) is -1.76. The van der Waals surface area contributed by atoms with Crippen molar-refractivity contribution in [2.75, 3.05) is 0 Å². The Kier molecular flexibility index (Phi) is 9.26. The van der Waals surface area contributed by atoms with Crippen molar-refractivity contribution in [2.45, 2.75) is 13.1 Å². The first kappa shape index (κ1) is 16.2. The van der Waals surface area contributed by atoms with Crippen molar-refractivity contribution in [1.82, 2.24) is 0 Å². The topological polar surface area (TPSA) is 17.1 Å². The zero-order valence-corrected chi connectivity index (χ0v) is 5.68. The molecule has 0 bridgehead atoms. The van der Waals surface area contributed by atoms with E-state index in [9.17, 15) is 18.0 Å². The summed E-state index contributed by atoms with van der Waals surface area (Å²) in [6.07, 6.45) is -4.64. The molecule has 0 rings (SSSR count). The van der Waals surface area contributed by atoms with Gasteiger partial charge in [0, 0.05) is 6.92 Å². The van der Waals surface area contributed by atoms with E-state index in [4.69, 9.17) is 0 Å². The van der Waals surface area contributed by atoms with Gasteiger partial charge < -0.3 is 12.4 Å². The van der Waals surface area contributed by atoms with Gasteiger partial charge in [-0.1, -0.05) is 0 Å². The Bertz CT molecular complexity index is 91.5. The quantitative estimate of drug-likeness (QED) is 0.320. The third kappa shape index (κ3) is 8.35. The van der Waals surface area contributed by atoms with Crippen LogP contribution in [0.4, 0.5) is 13.2 Å². The Morgan fingerprint density at radius 1 is 1.33 bits per heavy atom. The van der Waals surface area contributed by atoms with Crippen LogP contribution in [0, 0.1) is 0 Å². The summed E-state index contributed by atoms with van der Waals surface area (Å²) in [5, 5.41) is 0. The van der Waals surface area contributed by atoms with Gasteiger partial charge >= 0.3 is 25.0 Å². The average molecular weight is 154 g/mol. The van der Waals surface area contributed by atoms with Crippen LogP contribution in [0.1, 0.15) is 6.92 Å². The van der Waals surface area contributed by atoms with Gasteiger partial charge in [0.15, 0.2) is 0 Å². The first-order valence-electron chi connectivity index (χ1n) is 1.52. The maximum Gasteiger partial charge on any atom is 1.00 e. The summed E-state index contributed by atoms with van der Waals surface area (Å²) in [6, 6.07) is 0. The predicted molar refractivity (Wildman–Crippen MR) is 16.7 cm³/mol. The Labute approximate surface area is 68.6 Å². The molecule has 0 saturated heterocycles. The van der Waals surface area contributed by atoms with Crippen LogP contribution in [0.25, 0.3) is 0 Å². The van der Waals surface area contributed by atoms with Gasteiger partial charge in [-0.05, 0) is 0 Å². The Hall–Kier alpha value is 0.347. The minimum Gasteiger partial charge on any atom is -1.00 e. The third-order valence-corrected chi connectivity index (χ3v) is 0.399. The van der Waals surface area contributed by atoms with Gasteiger partial charge in [-0.15, -0.1) is 0 Å². The number of hydrogen-bond acceptors (Lipinski definition) is 1. The average Bonchev–Trinajstić information content (AvgIpc) is 1.31. The maximum absolute atomic E-state index is 10.8. The number of ketones is 1. The fraction of sp³-hybridized carbons (Fsp3) is 0.667. The summed E-state index contributed by atoms with van der Waals surface area (Å²) >= 11 is 0. The van der Waals surface area contributed by atoms with Gasteiger partial charge in [0.2, 0.25) is 5.78 Å². The second kappa shape index (κ2) is 5.16. The van der Waals surface area contributed by atoms with E-state index in [-0.39, 0.29) is 31.3 Å². The number of carbonyl (C=O) groups excluding carboxylic acids is 1. The van der Waals surface area contributed by atoms with Crippen LogP contribution in [0.2, 0.25) is 0 Å². The number of carbonyl (C=O) groups is 1. The molecule has 0 fully saturated rings. The summed E-state index contributed by atoms with van der Waals surface area (Å²) in [5.41, 5.74) is 0. The first-order chi connectivity index (χ1) is 2.94. The Morgan fingerprint density at radius 2 is 1.44 bits per heavy atom. The van der Waals surface area contributed by atoms with Gasteiger partial charge in [0.05, 0.1) is 0 Å². The molecule has 0 amide bonds. The van der Waals surface area contributed by atoms with E-state index in [1.54, 1.807) is 0 Å². The third-order valence-electron chi connectivity index (χ3n) is 0.399. The van der Waals surface area contributed by atoms with Crippen molar-refractivity contribution in [1.29, 1.82) is 0 Å². The molecular weight excluding hydrogens is 151 g/mol. The fourth-order valence-electron chi connectivity index (χ4n) is 0. The zero-order valence-electron chi connectivity index (χ0n) is 4.92. The van der Waals surface area contributed by atoms with E-state index in [2.05, 4.69) is 0 Å². The molecule has 6 heteroatoms. The zero-order chi connectivity index (χ0) is 6.08. The second-order valence-corrected chi connectivity index (χ2v) is 1.05. The number of rotatable bonds is 0. The van der Waals surface area contributed by atoms with E-state index in [1.165, 1.54) is 0 Å². The van der Waals surface area contributed by atoms with E-state index in [1.807, 2.05) is 0 Å². The van der Waals surface area contributed by atoms with Crippen molar-refractivity contribution in [3.8, 4) is 0 Å². The number of hydrogen-bond donors (Lipinski definition) is 0. The van der Waals surface area contributed by atoms with Gasteiger partial charge in [0.25, 0.3) is 0 Å². The standard InChI is InChI=1S/C3H3F3O.ClH.Li/c1-2(7)3(4,5)6;;/h1H3;1H;/q;;+1/p-1. The van der Waals surface area contributed by atoms with Crippen molar-refractivity contribution in [3.05, 3.63) is 0 Å². The summed E-state index contributed by atoms with van der Waals surface area (Å²) in [4.78, 5) is 9.34. The molecule has 0 aliphatic heterocycles. The van der Waals surface area contributed by atoms with Gasteiger partial charge in [-0.2, -0.15) is 13.2 Å². The predicted octanol–water partition coefficient (Wildman–Crippen LogP) is -4.85. The van der Waals surface area contributed by atoms with Gasteiger partial charge in [-0.25, -0.2) is 0 Å². The smallest absolute Gasteiger partial charge is 1.00 e. The number of halogens is 4. The molecule has 0 aliphatic carbocycles. The van der Waals surface area contributed by atoms with Gasteiger partial charge in [-0.3, -0.25) is 4.79 Å². The maximum atomic E-state index is 10.8. The van der Waals surface area contributed by atoms with Crippen molar-refractivity contribution in [3.63, 3.8) is 0 Å². The van der Waals surface area contributed by atoms with Crippen LogP contribution >= 0.6 is 0 Å². The van der Waals surface area contributed by atoms with Gasteiger partial charge in [0.1, 0.15) is 0 Å². The van der Waals surface area contributed by atoms with Crippen LogP contribution in [-0.4, -0.2) is 12.0 Å². The minimum absolute atomic E-state index is 0. The summed E-state index contributed by atoms with van der Waals surface area (Å²) in [7, 11) is 0. The van der Waals surface area contributed by atoms with Crippen molar-refractivity contribution in [2.24, 2.45) is 0 Å². The molecule has 0 aromatic carbocycles. The molecular formula is C3H3ClF3LiO. The molecule has 0 atom stereocenters. The molecule has 0 unspecified atom stereocenters. The molecule has 9 heavy (non-hydrogen) atoms. The van der Waals surface area contributed by atoms with Crippen LogP contribution in [0.3, 0.4) is 0 Å². The Balaban J connectivity index is -0.000000180. The minimum atomic E-state index is -4.64. The fourth-order valence-corrected chi connectivity index (χ4v) is 0. The monoisotopic (exact) mass is 154 g/mol. The molecule has 0 aliphatic rings. The summed E-state index contributed by atoms with van der Waals surface area (Å²) in [6.45, 7) is 0.486. The molecule has 0 aromatic heterocycles. The number of alkyl halides is 3. The molecule has 0 aromatic rings. The van der Waals surface area contributed by atoms with Crippen LogP contribution in [0.5, 0.6) is 0 Å². The van der Waals surface area contributed by atoms with E-state index in [0.717, 1.165) is 0 Å². The van der Waals surface area contributed by atoms with E-state index >= 15 is 0 Å². The number of Topliss-reactive ketones (excluding diaryl/α,β-unsaturated/α-hetero) is 1. The molecule has 0 N–H and O–H groups in total. The normalized spacial score (nSPS) is 8.89. The second-order valence-electron chi connectivity index (χ2n) is 1.05. The van der Waals surface area contributed by atoms with Crippen molar-refractivity contribution >= 4 is 5.78 Å².